The van der Waals surface area contributed by atoms with Crippen molar-refractivity contribution in [3.63, 3.8) is 0 Å². The molecule has 3 heteroatoms. The van der Waals surface area contributed by atoms with Gasteiger partial charge in [-0.05, 0) is 23.6 Å². The third-order valence-electron chi connectivity index (χ3n) is 2.20. The largest absolute Gasteiger partial charge is 0.360 e. The minimum Gasteiger partial charge on any atom is -0.360 e. The van der Waals surface area contributed by atoms with Crippen molar-refractivity contribution in [2.45, 2.75) is 19.8 Å². The first kappa shape index (κ1) is 11.8. The van der Waals surface area contributed by atoms with E-state index >= 15 is 0 Å². The van der Waals surface area contributed by atoms with E-state index in [4.69, 9.17) is 10.5 Å². The van der Waals surface area contributed by atoms with Gasteiger partial charge in [0.15, 0.2) is 0 Å². The van der Waals surface area contributed by atoms with E-state index in [1.165, 1.54) is 11.8 Å². The maximum absolute atomic E-state index is 8.54. The predicted octanol–water partition coefficient (Wildman–Crippen LogP) is 3.15. The van der Waals surface area contributed by atoms with Crippen LogP contribution < -0.4 is 5.32 Å². The molecule has 1 N–H and O–H groups in total. The number of allylic oxidation sites excluding steroid dienone is 1. The molecule has 0 atom stereocenters. The fraction of sp³-hybridized carbons (Fsp3) is 0.231. The molecule has 16 heavy (non-hydrogen) atoms. The highest BCUT2D eigenvalue weighted by Crippen LogP contribution is 2.17. The van der Waals surface area contributed by atoms with E-state index in [0.29, 0.717) is 5.92 Å². The van der Waals surface area contributed by atoms with Crippen LogP contribution in [0.4, 0.5) is 5.69 Å². The lowest BCUT2D eigenvalue weighted by molar-refractivity contribution is 0.867. The van der Waals surface area contributed by atoms with Gasteiger partial charge in [0.25, 0.3) is 0 Å². The molecule has 0 fully saturated rings. The maximum Gasteiger partial charge on any atom is 0.145 e. The summed E-state index contributed by atoms with van der Waals surface area (Å²) in [5.74, 6) is 0.498. The number of nitrogens with one attached hydrogen (secondary N) is 1. The topological polar surface area (TPSA) is 59.6 Å². The van der Waals surface area contributed by atoms with Crippen LogP contribution in [0.1, 0.15) is 25.3 Å². The summed E-state index contributed by atoms with van der Waals surface area (Å²) in [5, 5.41) is 20.0. The molecule has 1 aromatic carbocycles. The molecule has 80 valence electrons. The van der Waals surface area contributed by atoms with Gasteiger partial charge in [-0.1, -0.05) is 26.0 Å². The number of anilines is 1. The minimum atomic E-state index is 0.0629. The second-order valence-corrected chi connectivity index (χ2v) is 3.70. The number of rotatable bonds is 3. The van der Waals surface area contributed by atoms with Crippen molar-refractivity contribution < 1.29 is 0 Å². The molecular formula is C13H13N3. The van der Waals surface area contributed by atoms with Gasteiger partial charge in [0, 0.05) is 11.9 Å². The third-order valence-corrected chi connectivity index (χ3v) is 2.20. The van der Waals surface area contributed by atoms with Gasteiger partial charge in [-0.2, -0.15) is 10.5 Å². The molecule has 1 aromatic rings. The molecule has 0 saturated heterocycles. The predicted molar refractivity (Wildman–Crippen MR) is 63.5 cm³/mol. The van der Waals surface area contributed by atoms with Crippen molar-refractivity contribution in [1.29, 1.82) is 10.5 Å². The monoisotopic (exact) mass is 211 g/mol. The Labute approximate surface area is 95.6 Å². The van der Waals surface area contributed by atoms with Crippen LogP contribution in [-0.4, -0.2) is 0 Å². The van der Waals surface area contributed by atoms with Crippen LogP contribution >= 0.6 is 0 Å². The first-order valence-corrected chi connectivity index (χ1v) is 5.04. The molecule has 0 aliphatic heterocycles. The molecule has 0 aliphatic carbocycles. The summed E-state index contributed by atoms with van der Waals surface area (Å²) in [7, 11) is 0. The van der Waals surface area contributed by atoms with Crippen molar-refractivity contribution in [2.75, 3.05) is 5.32 Å². The zero-order valence-corrected chi connectivity index (χ0v) is 9.36. The van der Waals surface area contributed by atoms with Crippen LogP contribution in [0.5, 0.6) is 0 Å². The lowest BCUT2D eigenvalue weighted by atomic mass is 10.0. The van der Waals surface area contributed by atoms with Crippen LogP contribution in [0.25, 0.3) is 0 Å². The van der Waals surface area contributed by atoms with E-state index < -0.39 is 0 Å². The Bertz CT molecular complexity index is 439. The zero-order valence-electron chi connectivity index (χ0n) is 9.36. The van der Waals surface area contributed by atoms with Crippen molar-refractivity contribution >= 4 is 5.69 Å². The van der Waals surface area contributed by atoms with E-state index in [1.54, 1.807) is 12.1 Å². The van der Waals surface area contributed by atoms with Crippen molar-refractivity contribution in [2.24, 2.45) is 0 Å². The second-order valence-electron chi connectivity index (χ2n) is 3.70. The van der Waals surface area contributed by atoms with Gasteiger partial charge >= 0.3 is 0 Å². The fourth-order valence-corrected chi connectivity index (χ4v) is 1.21. The summed E-state index contributed by atoms with van der Waals surface area (Å²) >= 11 is 0. The molecule has 0 unspecified atom stereocenters. The lowest BCUT2D eigenvalue weighted by Crippen LogP contribution is -1.91. The van der Waals surface area contributed by atoms with E-state index in [9.17, 15) is 0 Å². The second kappa shape index (κ2) is 5.58. The van der Waals surface area contributed by atoms with Gasteiger partial charge in [-0.15, -0.1) is 0 Å². The molecule has 0 saturated carbocycles. The van der Waals surface area contributed by atoms with Crippen molar-refractivity contribution in [1.82, 2.24) is 0 Å². The van der Waals surface area contributed by atoms with Crippen LogP contribution in [-0.2, 0) is 0 Å². The van der Waals surface area contributed by atoms with Gasteiger partial charge in [-0.25, -0.2) is 0 Å². The zero-order chi connectivity index (χ0) is 12.0. The maximum atomic E-state index is 8.54. The Balaban J connectivity index is 2.75. The number of hydrogen-bond acceptors (Lipinski definition) is 3. The highest BCUT2D eigenvalue weighted by atomic mass is 14.8. The summed E-state index contributed by atoms with van der Waals surface area (Å²) in [6.45, 7) is 4.26. The Morgan fingerprint density at radius 1 is 1.19 bits per heavy atom. The SMILES string of the molecule is CC(C)c1ccc(NC=C(C#N)C#N)cc1. The molecular weight excluding hydrogens is 198 g/mol. The average Bonchev–Trinajstić information content (AvgIpc) is 2.31. The van der Waals surface area contributed by atoms with Crippen molar-refractivity contribution in [3.8, 4) is 12.1 Å². The highest BCUT2D eigenvalue weighted by molar-refractivity contribution is 5.50. The summed E-state index contributed by atoms with van der Waals surface area (Å²) in [5.41, 5.74) is 2.19. The number of nitriles is 2. The Morgan fingerprint density at radius 2 is 1.75 bits per heavy atom. The van der Waals surface area contributed by atoms with Crippen LogP contribution in [0, 0.1) is 22.7 Å². The van der Waals surface area contributed by atoms with E-state index in [1.807, 2.05) is 24.3 Å². The molecule has 3 nitrogen and oxygen atoms in total. The van der Waals surface area contributed by atoms with Gasteiger partial charge in [-0.3, -0.25) is 0 Å². The standard InChI is InChI=1S/C13H13N3/c1-10(2)12-3-5-13(6-4-12)16-9-11(7-14)8-15/h3-6,9-10,16H,1-2H3. The van der Waals surface area contributed by atoms with Crippen LogP contribution in [0.15, 0.2) is 36.0 Å². The molecule has 0 aromatic heterocycles. The molecule has 0 heterocycles. The van der Waals surface area contributed by atoms with Gasteiger partial charge < -0.3 is 5.32 Å². The molecule has 1 rings (SSSR count). The lowest BCUT2D eigenvalue weighted by Gasteiger charge is -2.06. The summed E-state index contributed by atoms with van der Waals surface area (Å²) in [6.07, 6.45) is 1.41. The summed E-state index contributed by atoms with van der Waals surface area (Å²) in [6, 6.07) is 11.5. The normalized spacial score (nSPS) is 9.06. The van der Waals surface area contributed by atoms with Gasteiger partial charge in [0.1, 0.15) is 17.7 Å². The molecule has 0 spiro atoms. The van der Waals surface area contributed by atoms with Gasteiger partial charge in [0.05, 0.1) is 0 Å². The first-order chi connectivity index (χ1) is 7.67. The molecule has 0 radical (unpaired) electrons. The third kappa shape index (κ3) is 3.15. The molecule has 0 bridgehead atoms. The Hall–Kier alpha value is -2.26. The fourth-order valence-electron chi connectivity index (χ4n) is 1.21. The smallest absolute Gasteiger partial charge is 0.145 e. The van der Waals surface area contributed by atoms with E-state index in [0.717, 1.165) is 5.69 Å². The summed E-state index contributed by atoms with van der Waals surface area (Å²) < 4.78 is 0. The number of hydrogen-bond donors (Lipinski definition) is 1. The Morgan fingerprint density at radius 3 is 2.19 bits per heavy atom. The number of nitrogens with zero attached hydrogens (tertiary/aromatic N) is 2. The van der Waals surface area contributed by atoms with E-state index in [-0.39, 0.29) is 5.57 Å². The van der Waals surface area contributed by atoms with Gasteiger partial charge in [0.2, 0.25) is 0 Å². The average molecular weight is 211 g/mol. The molecule has 0 aliphatic rings. The first-order valence-electron chi connectivity index (χ1n) is 5.04. The highest BCUT2D eigenvalue weighted by Gasteiger charge is 1.98. The van der Waals surface area contributed by atoms with Crippen molar-refractivity contribution in [3.05, 3.63) is 41.6 Å². The van der Waals surface area contributed by atoms with E-state index in [2.05, 4.69) is 19.2 Å². The van der Waals surface area contributed by atoms with Crippen LogP contribution in [0.2, 0.25) is 0 Å². The Kier molecular flexibility index (Phi) is 4.12. The number of benzene rings is 1. The van der Waals surface area contributed by atoms with Crippen LogP contribution in [0.3, 0.4) is 0 Å². The summed E-state index contributed by atoms with van der Waals surface area (Å²) in [4.78, 5) is 0. The molecule has 0 amide bonds. The minimum absolute atomic E-state index is 0.0629. The quantitative estimate of drug-likeness (QED) is 0.781.